The summed E-state index contributed by atoms with van der Waals surface area (Å²) in [5, 5.41) is 13.7. The first kappa shape index (κ1) is 26.3. The molecule has 2 fully saturated rings. The zero-order chi connectivity index (χ0) is 25.7. The molecule has 2 aliphatic carbocycles. The molecule has 0 aliphatic heterocycles. The molecule has 3 rings (SSSR count). The molecule has 1 aromatic rings. The number of carbonyl (C=O) groups is 3. The molecule has 2 aliphatic rings. The number of thioether (sulfide) groups is 1. The van der Waals surface area contributed by atoms with Gasteiger partial charge in [0.1, 0.15) is 27.4 Å². The van der Waals surface area contributed by atoms with E-state index in [0.29, 0.717) is 5.03 Å². The van der Waals surface area contributed by atoms with Crippen LogP contribution in [-0.2, 0) is 23.8 Å². The lowest BCUT2D eigenvalue weighted by Gasteiger charge is -2.35. The van der Waals surface area contributed by atoms with E-state index in [1.807, 2.05) is 0 Å². The van der Waals surface area contributed by atoms with E-state index in [9.17, 15) is 14.4 Å². The summed E-state index contributed by atoms with van der Waals surface area (Å²) in [5.74, 6) is -2.24. The van der Waals surface area contributed by atoms with Crippen molar-refractivity contribution in [1.82, 2.24) is 20.7 Å². The van der Waals surface area contributed by atoms with E-state index in [0.717, 1.165) is 0 Å². The van der Waals surface area contributed by atoms with Crippen molar-refractivity contribution in [1.29, 1.82) is 0 Å². The summed E-state index contributed by atoms with van der Waals surface area (Å²) in [6.07, 6.45) is 1.11. The van der Waals surface area contributed by atoms with Crippen LogP contribution in [0.1, 0.15) is 68.7 Å². The Labute approximate surface area is 204 Å². The first-order chi connectivity index (χ1) is 15.4. The van der Waals surface area contributed by atoms with Gasteiger partial charge in [0.2, 0.25) is 0 Å². The number of amides is 1. The number of nitrogens with zero attached hydrogens (tertiary/aromatic N) is 2. The number of rotatable bonds is 5. The summed E-state index contributed by atoms with van der Waals surface area (Å²) >= 11 is 1.44. The summed E-state index contributed by atoms with van der Waals surface area (Å²) in [6, 6.07) is 0. The first-order valence-corrected chi connectivity index (χ1v) is 12.3. The van der Waals surface area contributed by atoms with Crippen LogP contribution in [0.25, 0.3) is 0 Å². The van der Waals surface area contributed by atoms with Gasteiger partial charge in [-0.15, -0.1) is 16.9 Å². The zero-order valence-corrected chi connectivity index (χ0v) is 22.2. The van der Waals surface area contributed by atoms with Gasteiger partial charge in [0.25, 0.3) is 0 Å². The minimum absolute atomic E-state index is 0.188. The number of H-pyrrole nitrogens is 1. The molecule has 0 aromatic carbocycles. The monoisotopic (exact) mass is 496 g/mol. The molecule has 2 saturated carbocycles. The standard InChI is InChI=1S/C23H36N4O6S/c1-20(2,3)31-17(28)15-14-12(34-13-11-24-27-26-13)10-23(16(14)15,18(29)32-21(4,5)6)25-19(30)33-22(7,8)9/h11-12,14-16H,10H2,1-9H3,(H,25,30)(H,24,26,27)/t12-,14-,15-,16-,23-/m0/s1. The second-order valence-corrected chi connectivity index (χ2v) is 13.2. The third-order valence-corrected chi connectivity index (χ3v) is 6.67. The van der Waals surface area contributed by atoms with Crippen LogP contribution in [0.2, 0.25) is 0 Å². The Bertz CT molecular complexity index is 931. The average molecular weight is 497 g/mol. The summed E-state index contributed by atoms with van der Waals surface area (Å²) in [6.45, 7) is 15.9. The summed E-state index contributed by atoms with van der Waals surface area (Å²) in [4.78, 5) is 39.7. The third-order valence-electron chi connectivity index (χ3n) is 5.43. The predicted octanol–water partition coefficient (Wildman–Crippen LogP) is 3.48. The van der Waals surface area contributed by atoms with Crippen molar-refractivity contribution >= 4 is 29.8 Å². The van der Waals surface area contributed by atoms with Gasteiger partial charge in [-0.1, -0.05) is 5.21 Å². The molecule has 0 spiro atoms. The Kier molecular flexibility index (Phi) is 6.75. The molecule has 1 aromatic heterocycles. The Morgan fingerprint density at radius 1 is 1.00 bits per heavy atom. The van der Waals surface area contributed by atoms with Gasteiger partial charge in [0.15, 0.2) is 0 Å². The van der Waals surface area contributed by atoms with E-state index in [1.54, 1.807) is 68.5 Å². The molecular weight excluding hydrogens is 460 g/mol. The van der Waals surface area contributed by atoms with Crippen LogP contribution in [-0.4, -0.2) is 61.0 Å². The van der Waals surface area contributed by atoms with Crippen LogP contribution in [0.5, 0.6) is 0 Å². The topological polar surface area (TPSA) is 132 Å². The highest BCUT2D eigenvalue weighted by Gasteiger charge is 2.76. The van der Waals surface area contributed by atoms with Crippen LogP contribution in [0.3, 0.4) is 0 Å². The minimum atomic E-state index is -1.44. The van der Waals surface area contributed by atoms with Crippen LogP contribution < -0.4 is 5.32 Å². The van der Waals surface area contributed by atoms with Crippen molar-refractivity contribution in [2.75, 3.05) is 0 Å². The Balaban J connectivity index is 1.98. The molecule has 11 heteroatoms. The van der Waals surface area contributed by atoms with Gasteiger partial charge in [-0.2, -0.15) is 0 Å². The van der Waals surface area contributed by atoms with Gasteiger partial charge in [0, 0.05) is 11.2 Å². The van der Waals surface area contributed by atoms with E-state index in [2.05, 4.69) is 20.7 Å². The number of esters is 2. The molecule has 190 valence electrons. The molecule has 0 unspecified atom stereocenters. The number of ether oxygens (including phenoxy) is 3. The number of nitrogens with one attached hydrogen (secondary N) is 2. The lowest BCUT2D eigenvalue weighted by Crippen LogP contribution is -2.59. The Morgan fingerprint density at radius 2 is 1.59 bits per heavy atom. The van der Waals surface area contributed by atoms with E-state index in [-0.39, 0.29) is 17.6 Å². The normalized spacial score (nSPS) is 28.6. The zero-order valence-electron chi connectivity index (χ0n) is 21.3. The van der Waals surface area contributed by atoms with Gasteiger partial charge < -0.3 is 19.5 Å². The van der Waals surface area contributed by atoms with Gasteiger partial charge in [-0.05, 0) is 74.7 Å². The number of carbonyl (C=O) groups excluding carboxylic acids is 3. The number of hydrogen-bond donors (Lipinski definition) is 2. The molecule has 1 amide bonds. The van der Waals surface area contributed by atoms with Crippen molar-refractivity contribution in [3.05, 3.63) is 6.20 Å². The average Bonchev–Trinajstić information content (AvgIpc) is 3.00. The number of aromatic amines is 1. The fourth-order valence-corrected chi connectivity index (χ4v) is 5.85. The van der Waals surface area contributed by atoms with Crippen LogP contribution in [0, 0.1) is 17.8 Å². The molecule has 34 heavy (non-hydrogen) atoms. The molecule has 10 nitrogen and oxygen atoms in total. The molecule has 0 radical (unpaired) electrons. The van der Waals surface area contributed by atoms with Crippen molar-refractivity contribution in [2.45, 2.75) is 101 Å². The van der Waals surface area contributed by atoms with E-state index >= 15 is 0 Å². The van der Waals surface area contributed by atoms with Crippen molar-refractivity contribution < 1.29 is 28.6 Å². The third kappa shape index (κ3) is 6.03. The Hall–Kier alpha value is -2.30. The van der Waals surface area contributed by atoms with E-state index < -0.39 is 52.2 Å². The lowest BCUT2D eigenvalue weighted by atomic mass is 9.89. The number of alkyl carbamates (subject to hydrolysis) is 1. The summed E-state index contributed by atoms with van der Waals surface area (Å²) in [7, 11) is 0. The Morgan fingerprint density at radius 3 is 2.09 bits per heavy atom. The van der Waals surface area contributed by atoms with E-state index in [4.69, 9.17) is 14.2 Å². The fraction of sp³-hybridized carbons (Fsp3) is 0.783. The second-order valence-electron chi connectivity index (χ2n) is 11.9. The number of hydrogen-bond acceptors (Lipinski definition) is 9. The quantitative estimate of drug-likeness (QED) is 0.464. The second kappa shape index (κ2) is 8.73. The maximum absolute atomic E-state index is 13.6. The van der Waals surface area contributed by atoms with Gasteiger partial charge in [-0.3, -0.25) is 9.89 Å². The van der Waals surface area contributed by atoms with Gasteiger partial charge in [-0.25, -0.2) is 9.59 Å². The highest BCUT2D eigenvalue weighted by atomic mass is 32.2. The van der Waals surface area contributed by atoms with E-state index in [1.165, 1.54) is 11.8 Å². The molecule has 5 atom stereocenters. The largest absolute Gasteiger partial charge is 0.460 e. The first-order valence-electron chi connectivity index (χ1n) is 11.4. The summed E-state index contributed by atoms with van der Waals surface area (Å²) in [5.41, 5.74) is -3.67. The van der Waals surface area contributed by atoms with Crippen LogP contribution in [0.4, 0.5) is 4.79 Å². The number of aromatic nitrogens is 3. The highest BCUT2D eigenvalue weighted by molar-refractivity contribution is 7.99. The maximum atomic E-state index is 13.6. The highest BCUT2D eigenvalue weighted by Crippen LogP contribution is 2.66. The van der Waals surface area contributed by atoms with Gasteiger partial charge in [0.05, 0.1) is 12.1 Å². The lowest BCUT2D eigenvalue weighted by molar-refractivity contribution is -0.165. The van der Waals surface area contributed by atoms with Crippen LogP contribution in [0.15, 0.2) is 11.2 Å². The summed E-state index contributed by atoms with van der Waals surface area (Å²) < 4.78 is 16.9. The van der Waals surface area contributed by atoms with Crippen LogP contribution >= 0.6 is 11.8 Å². The van der Waals surface area contributed by atoms with Crippen molar-refractivity contribution in [2.24, 2.45) is 17.8 Å². The minimum Gasteiger partial charge on any atom is -0.460 e. The predicted molar refractivity (Wildman–Crippen MR) is 125 cm³/mol. The molecule has 1 heterocycles. The maximum Gasteiger partial charge on any atom is 0.408 e. The molecule has 2 N–H and O–H groups in total. The SMILES string of the molecule is CC(C)(C)OC(=O)N[C@@]1(C(=O)OC(C)(C)C)C[C@H](Sc2cnn[nH]2)[C@H]2[C@H](C(=O)OC(C)(C)C)[C@H]21. The molecular formula is C23H36N4O6S. The van der Waals surface area contributed by atoms with Gasteiger partial charge >= 0.3 is 18.0 Å². The van der Waals surface area contributed by atoms with Crippen molar-refractivity contribution in [3.8, 4) is 0 Å². The molecule has 0 saturated heterocycles. The molecule has 0 bridgehead atoms. The number of fused-ring (bicyclic) bond motifs is 1. The van der Waals surface area contributed by atoms with Crippen molar-refractivity contribution in [3.63, 3.8) is 0 Å². The smallest absolute Gasteiger partial charge is 0.408 e. The fourth-order valence-electron chi connectivity index (χ4n) is 4.48.